The number of sulfonamides is 1. The summed E-state index contributed by atoms with van der Waals surface area (Å²) >= 11 is 0. The van der Waals surface area contributed by atoms with Gasteiger partial charge >= 0.3 is 0 Å². The van der Waals surface area contributed by atoms with Gasteiger partial charge in [0.25, 0.3) is 15.9 Å². The lowest BCUT2D eigenvalue weighted by Gasteiger charge is -2.11. The molecule has 0 bridgehead atoms. The average molecular weight is 401 g/mol. The molecule has 2 aromatic carbocycles. The van der Waals surface area contributed by atoms with Gasteiger partial charge in [-0.15, -0.1) is 0 Å². The summed E-state index contributed by atoms with van der Waals surface area (Å²) in [5.41, 5.74) is 0.716. The first-order chi connectivity index (χ1) is 13.5. The van der Waals surface area contributed by atoms with Crippen LogP contribution in [0.5, 0.6) is 11.5 Å². The van der Waals surface area contributed by atoms with Crippen molar-refractivity contribution in [3.63, 3.8) is 0 Å². The molecule has 3 aromatic rings. The van der Waals surface area contributed by atoms with Crippen molar-refractivity contribution in [2.45, 2.75) is 11.4 Å². The zero-order valence-corrected chi connectivity index (χ0v) is 15.8. The number of aromatic nitrogens is 2. The maximum Gasteiger partial charge on any atom is 0.269 e. The number of hydrogen-bond acceptors (Lipinski definition) is 8. The SMILES string of the molecule is COc1ccc(-c2noc(CN3C(=O)c4ccccc4S3(=O)=O)n2)cc1OC. The minimum Gasteiger partial charge on any atom is -0.493 e. The monoisotopic (exact) mass is 401 g/mol. The number of amides is 1. The number of ether oxygens (including phenoxy) is 2. The molecule has 0 unspecified atom stereocenters. The molecule has 9 nitrogen and oxygen atoms in total. The molecule has 0 N–H and O–H groups in total. The van der Waals surface area contributed by atoms with Crippen LogP contribution in [-0.4, -0.2) is 43.0 Å². The quantitative estimate of drug-likeness (QED) is 0.639. The lowest BCUT2D eigenvalue weighted by molar-refractivity contribution is 0.0855. The number of carbonyl (C=O) groups excluding carboxylic acids is 1. The van der Waals surface area contributed by atoms with E-state index in [1.165, 1.54) is 26.4 Å². The highest BCUT2D eigenvalue weighted by Gasteiger charge is 2.41. The minimum absolute atomic E-state index is 0.00508. The summed E-state index contributed by atoms with van der Waals surface area (Å²) in [7, 11) is -0.921. The van der Waals surface area contributed by atoms with E-state index in [9.17, 15) is 13.2 Å². The molecule has 0 saturated carbocycles. The fraction of sp³-hybridized carbons (Fsp3) is 0.167. The Morgan fingerprint density at radius 1 is 1.07 bits per heavy atom. The molecule has 0 radical (unpaired) electrons. The van der Waals surface area contributed by atoms with Crippen molar-refractivity contribution in [2.24, 2.45) is 0 Å². The molecule has 10 heteroatoms. The van der Waals surface area contributed by atoms with Gasteiger partial charge < -0.3 is 14.0 Å². The Bertz CT molecular complexity index is 1170. The second-order valence-corrected chi connectivity index (χ2v) is 7.73. The zero-order chi connectivity index (χ0) is 19.9. The largest absolute Gasteiger partial charge is 0.493 e. The molecular formula is C18H15N3O6S. The fourth-order valence-electron chi connectivity index (χ4n) is 2.92. The first-order valence-electron chi connectivity index (χ1n) is 8.17. The van der Waals surface area contributed by atoms with Gasteiger partial charge in [-0.05, 0) is 30.3 Å². The van der Waals surface area contributed by atoms with Gasteiger partial charge in [0.15, 0.2) is 11.5 Å². The number of benzene rings is 2. The van der Waals surface area contributed by atoms with Crippen LogP contribution < -0.4 is 9.47 Å². The van der Waals surface area contributed by atoms with Gasteiger partial charge in [-0.25, -0.2) is 12.7 Å². The summed E-state index contributed by atoms with van der Waals surface area (Å²) in [4.78, 5) is 16.7. The predicted octanol–water partition coefficient (Wildman–Crippen LogP) is 2.10. The van der Waals surface area contributed by atoms with Gasteiger partial charge in [-0.2, -0.15) is 4.98 Å². The summed E-state index contributed by atoms with van der Waals surface area (Å²) in [5.74, 6) is 0.633. The first kappa shape index (κ1) is 18.0. The molecule has 2 heterocycles. The summed E-state index contributed by atoms with van der Waals surface area (Å²) in [6.07, 6.45) is 0. The van der Waals surface area contributed by atoms with Crippen LogP contribution in [0, 0.1) is 0 Å². The van der Waals surface area contributed by atoms with Crippen molar-refractivity contribution < 1.29 is 27.2 Å². The van der Waals surface area contributed by atoms with Gasteiger partial charge in [0.1, 0.15) is 11.4 Å². The summed E-state index contributed by atoms with van der Waals surface area (Å²) in [6, 6.07) is 11.1. The fourth-order valence-corrected chi connectivity index (χ4v) is 4.44. The van der Waals surface area contributed by atoms with E-state index >= 15 is 0 Å². The van der Waals surface area contributed by atoms with Crippen LogP contribution in [-0.2, 0) is 16.6 Å². The third kappa shape index (κ3) is 2.78. The highest BCUT2D eigenvalue weighted by Crippen LogP contribution is 2.33. The highest BCUT2D eigenvalue weighted by atomic mass is 32.2. The minimum atomic E-state index is -3.95. The first-order valence-corrected chi connectivity index (χ1v) is 9.61. The Morgan fingerprint density at radius 3 is 2.54 bits per heavy atom. The normalized spacial score (nSPS) is 14.8. The third-order valence-electron chi connectivity index (χ3n) is 4.30. The average Bonchev–Trinajstić information content (AvgIpc) is 3.25. The van der Waals surface area contributed by atoms with Crippen LogP contribution in [0.15, 0.2) is 51.9 Å². The van der Waals surface area contributed by atoms with E-state index < -0.39 is 15.9 Å². The lowest BCUT2D eigenvalue weighted by atomic mass is 10.2. The molecular weight excluding hydrogens is 386 g/mol. The van der Waals surface area contributed by atoms with E-state index in [0.717, 1.165) is 4.31 Å². The van der Waals surface area contributed by atoms with E-state index in [1.807, 2.05) is 0 Å². The molecule has 0 saturated heterocycles. The van der Waals surface area contributed by atoms with Crippen LogP contribution >= 0.6 is 0 Å². The van der Waals surface area contributed by atoms with E-state index in [-0.39, 0.29) is 28.7 Å². The van der Waals surface area contributed by atoms with Crippen molar-refractivity contribution in [3.05, 3.63) is 53.9 Å². The maximum absolute atomic E-state index is 12.6. The van der Waals surface area contributed by atoms with Gasteiger partial charge in [0, 0.05) is 5.56 Å². The van der Waals surface area contributed by atoms with E-state index in [1.54, 1.807) is 30.3 Å². The maximum atomic E-state index is 12.6. The molecule has 0 spiro atoms. The third-order valence-corrected chi connectivity index (χ3v) is 6.09. The smallest absolute Gasteiger partial charge is 0.269 e. The van der Waals surface area contributed by atoms with Crippen LogP contribution in [0.2, 0.25) is 0 Å². The van der Waals surface area contributed by atoms with E-state index in [0.29, 0.717) is 17.1 Å². The molecule has 1 aliphatic rings. The molecule has 0 atom stereocenters. The number of methoxy groups -OCH3 is 2. The van der Waals surface area contributed by atoms with Crippen LogP contribution in [0.1, 0.15) is 16.2 Å². The van der Waals surface area contributed by atoms with Gasteiger partial charge in [0.2, 0.25) is 11.7 Å². The number of rotatable bonds is 5. The molecule has 0 aliphatic carbocycles. The van der Waals surface area contributed by atoms with E-state index in [2.05, 4.69) is 10.1 Å². The van der Waals surface area contributed by atoms with Crippen LogP contribution in [0.25, 0.3) is 11.4 Å². The molecule has 0 fully saturated rings. The van der Waals surface area contributed by atoms with Crippen molar-refractivity contribution in [2.75, 3.05) is 14.2 Å². The standard InChI is InChI=1S/C18H15N3O6S/c1-25-13-8-7-11(9-14(13)26-2)17-19-16(27-20-17)10-21-18(22)12-5-3-4-6-15(12)28(21,23)24/h3-9H,10H2,1-2H3. The summed E-state index contributed by atoms with van der Waals surface area (Å²) < 4.78 is 41.5. The van der Waals surface area contributed by atoms with Crippen molar-refractivity contribution in [3.8, 4) is 22.9 Å². The van der Waals surface area contributed by atoms with Crippen LogP contribution in [0.3, 0.4) is 0 Å². The van der Waals surface area contributed by atoms with Crippen molar-refractivity contribution >= 4 is 15.9 Å². The van der Waals surface area contributed by atoms with Gasteiger partial charge in [0.05, 0.1) is 19.8 Å². The van der Waals surface area contributed by atoms with Crippen molar-refractivity contribution in [1.82, 2.24) is 14.4 Å². The summed E-state index contributed by atoms with van der Waals surface area (Å²) in [5, 5.41) is 3.87. The Balaban J connectivity index is 1.62. The second-order valence-electron chi connectivity index (χ2n) is 5.89. The number of nitrogens with zero attached hydrogens (tertiary/aromatic N) is 3. The van der Waals surface area contributed by atoms with Gasteiger partial charge in [-0.1, -0.05) is 17.3 Å². The molecule has 1 aliphatic heterocycles. The molecule has 1 aromatic heterocycles. The summed E-state index contributed by atoms with van der Waals surface area (Å²) in [6.45, 7) is -0.351. The lowest BCUT2D eigenvalue weighted by Crippen LogP contribution is -2.29. The zero-order valence-electron chi connectivity index (χ0n) is 14.9. The van der Waals surface area contributed by atoms with Crippen molar-refractivity contribution in [1.29, 1.82) is 0 Å². The molecule has 1 amide bonds. The predicted molar refractivity (Wildman–Crippen MR) is 96.3 cm³/mol. The van der Waals surface area contributed by atoms with Gasteiger partial charge in [-0.3, -0.25) is 4.79 Å². The highest BCUT2D eigenvalue weighted by molar-refractivity contribution is 7.90. The Hall–Kier alpha value is -3.40. The number of fused-ring (bicyclic) bond motifs is 1. The van der Waals surface area contributed by atoms with Crippen LogP contribution in [0.4, 0.5) is 0 Å². The Labute approximate surface area is 160 Å². The Morgan fingerprint density at radius 2 is 1.82 bits per heavy atom. The Kier molecular flexibility index (Phi) is 4.27. The topological polar surface area (TPSA) is 112 Å². The molecule has 4 rings (SSSR count). The molecule has 28 heavy (non-hydrogen) atoms. The number of carbonyl (C=O) groups is 1. The number of hydrogen-bond donors (Lipinski definition) is 0. The second kappa shape index (κ2) is 6.64. The van der Waals surface area contributed by atoms with E-state index in [4.69, 9.17) is 14.0 Å². The molecule has 144 valence electrons.